The van der Waals surface area contributed by atoms with Gasteiger partial charge in [0.1, 0.15) is 17.1 Å². The minimum atomic E-state index is -0.202. The summed E-state index contributed by atoms with van der Waals surface area (Å²) in [6.07, 6.45) is 4.67. The molecular weight excluding hydrogens is 304 g/mol. The Hall–Kier alpha value is -2.63. The van der Waals surface area contributed by atoms with Crippen molar-refractivity contribution >= 4 is 22.6 Å². The van der Waals surface area contributed by atoms with Gasteiger partial charge in [0.05, 0.1) is 16.7 Å². The van der Waals surface area contributed by atoms with Crippen molar-refractivity contribution in [1.82, 2.24) is 14.7 Å². The molecule has 0 saturated carbocycles. The summed E-state index contributed by atoms with van der Waals surface area (Å²) >= 11 is 0. The van der Waals surface area contributed by atoms with Crippen LogP contribution in [0.4, 0.5) is 5.69 Å². The van der Waals surface area contributed by atoms with Gasteiger partial charge in [-0.3, -0.25) is 4.79 Å². The first-order valence-corrected chi connectivity index (χ1v) is 8.37. The molecule has 4 rings (SSSR count). The van der Waals surface area contributed by atoms with E-state index in [9.17, 15) is 4.79 Å². The monoisotopic (exact) mass is 324 g/mol. The van der Waals surface area contributed by atoms with E-state index in [-0.39, 0.29) is 5.91 Å². The van der Waals surface area contributed by atoms with Gasteiger partial charge in [-0.05, 0) is 44.9 Å². The number of carbonyl (C=O) groups excluding carboxylic acids is 1. The lowest BCUT2D eigenvalue weighted by atomic mass is 10.2. The third-order valence-corrected chi connectivity index (χ3v) is 4.63. The van der Waals surface area contributed by atoms with Crippen molar-refractivity contribution in [3.8, 4) is 0 Å². The van der Waals surface area contributed by atoms with E-state index in [1.807, 2.05) is 18.2 Å². The second-order valence-corrected chi connectivity index (χ2v) is 6.35. The number of amides is 1. The van der Waals surface area contributed by atoms with Crippen LogP contribution in [0.2, 0.25) is 0 Å². The predicted octanol–water partition coefficient (Wildman–Crippen LogP) is 3.62. The van der Waals surface area contributed by atoms with Crippen molar-refractivity contribution < 1.29 is 9.32 Å². The summed E-state index contributed by atoms with van der Waals surface area (Å²) in [4.78, 5) is 17.2. The molecule has 124 valence electrons. The van der Waals surface area contributed by atoms with Gasteiger partial charge in [-0.1, -0.05) is 11.6 Å². The third kappa shape index (κ3) is 2.48. The van der Waals surface area contributed by atoms with Gasteiger partial charge in [-0.15, -0.1) is 0 Å². The number of rotatable bonds is 2. The van der Waals surface area contributed by atoms with Gasteiger partial charge >= 0.3 is 0 Å². The molecule has 1 aliphatic rings. The topological polar surface area (TPSA) is 73.0 Å². The largest absolute Gasteiger partial charge is 0.361 e. The molecule has 0 spiro atoms. The number of aryl methyl sites for hydroxylation is 4. The first kappa shape index (κ1) is 14.9. The minimum absolute atomic E-state index is 0.202. The van der Waals surface area contributed by atoms with Crippen molar-refractivity contribution in [3.63, 3.8) is 0 Å². The van der Waals surface area contributed by atoms with Crippen LogP contribution < -0.4 is 5.32 Å². The molecule has 3 aromatic rings. The van der Waals surface area contributed by atoms with Crippen LogP contribution in [0.25, 0.3) is 11.0 Å². The van der Waals surface area contributed by atoms with Gasteiger partial charge in [0.25, 0.3) is 5.91 Å². The Morgan fingerprint density at radius 3 is 2.92 bits per heavy atom. The van der Waals surface area contributed by atoms with Crippen molar-refractivity contribution in [2.24, 2.45) is 0 Å². The summed E-state index contributed by atoms with van der Waals surface area (Å²) in [7, 11) is 0. The quantitative estimate of drug-likeness (QED) is 0.781. The Bertz CT molecular complexity index is 903. The summed E-state index contributed by atoms with van der Waals surface area (Å²) < 4.78 is 7.37. The molecule has 0 fully saturated rings. The molecule has 0 radical (unpaired) electrons. The fraction of sp³-hybridized carbons (Fsp3) is 0.389. The second kappa shape index (κ2) is 5.78. The molecule has 6 heteroatoms. The third-order valence-electron chi connectivity index (χ3n) is 4.63. The van der Waals surface area contributed by atoms with E-state index in [4.69, 9.17) is 9.51 Å². The zero-order valence-corrected chi connectivity index (χ0v) is 13.9. The van der Waals surface area contributed by atoms with Crippen LogP contribution in [0.1, 0.15) is 46.9 Å². The maximum atomic E-state index is 12.5. The molecule has 1 aromatic carbocycles. The highest BCUT2D eigenvalue weighted by atomic mass is 16.5. The summed E-state index contributed by atoms with van der Waals surface area (Å²) in [6, 6.07) is 5.91. The number of imidazole rings is 1. The number of anilines is 1. The summed E-state index contributed by atoms with van der Waals surface area (Å²) in [5.74, 6) is 1.47. The zero-order valence-electron chi connectivity index (χ0n) is 13.9. The van der Waals surface area contributed by atoms with Gasteiger partial charge in [-0.25, -0.2) is 4.98 Å². The first-order chi connectivity index (χ1) is 11.6. The Balaban J connectivity index is 1.65. The number of fused-ring (bicyclic) bond motifs is 3. The number of nitrogens with one attached hydrogen (secondary N) is 1. The lowest BCUT2D eigenvalue weighted by molar-refractivity contribution is 0.102. The molecule has 0 aliphatic carbocycles. The lowest BCUT2D eigenvalue weighted by Gasteiger charge is -2.06. The maximum Gasteiger partial charge on any atom is 0.261 e. The van der Waals surface area contributed by atoms with Gasteiger partial charge in [0.2, 0.25) is 0 Å². The number of benzene rings is 1. The molecule has 1 amide bonds. The average molecular weight is 324 g/mol. The molecule has 1 aliphatic heterocycles. The predicted molar refractivity (Wildman–Crippen MR) is 91.2 cm³/mol. The van der Waals surface area contributed by atoms with Crippen molar-refractivity contribution in [3.05, 3.63) is 41.0 Å². The highest BCUT2D eigenvalue weighted by Gasteiger charge is 2.18. The van der Waals surface area contributed by atoms with Crippen LogP contribution in [-0.2, 0) is 13.0 Å². The minimum Gasteiger partial charge on any atom is -0.361 e. The number of carbonyl (C=O) groups is 1. The lowest BCUT2D eigenvalue weighted by Crippen LogP contribution is -2.13. The van der Waals surface area contributed by atoms with Crippen LogP contribution in [0.3, 0.4) is 0 Å². The Morgan fingerprint density at radius 2 is 2.12 bits per heavy atom. The number of hydrogen-bond donors (Lipinski definition) is 1. The molecule has 6 nitrogen and oxygen atoms in total. The fourth-order valence-electron chi connectivity index (χ4n) is 3.43. The van der Waals surface area contributed by atoms with E-state index in [1.54, 1.807) is 13.8 Å². The Morgan fingerprint density at radius 1 is 1.25 bits per heavy atom. The molecule has 24 heavy (non-hydrogen) atoms. The van der Waals surface area contributed by atoms with Crippen molar-refractivity contribution in [2.75, 3.05) is 5.32 Å². The number of aromatic nitrogens is 3. The molecule has 0 unspecified atom stereocenters. The molecular formula is C18H20N4O2. The summed E-state index contributed by atoms with van der Waals surface area (Å²) in [5, 5.41) is 6.75. The van der Waals surface area contributed by atoms with Crippen molar-refractivity contribution in [1.29, 1.82) is 0 Å². The SMILES string of the molecule is Cc1noc(C)c1C(=O)Nc1ccc2c(c1)nc1n2CCCCC1. The summed E-state index contributed by atoms with van der Waals surface area (Å²) in [5.41, 5.74) is 3.90. The van der Waals surface area contributed by atoms with Crippen LogP contribution in [-0.4, -0.2) is 20.6 Å². The molecule has 0 bridgehead atoms. The smallest absolute Gasteiger partial charge is 0.261 e. The van der Waals surface area contributed by atoms with E-state index < -0.39 is 0 Å². The molecule has 0 saturated heterocycles. The van der Waals surface area contributed by atoms with E-state index in [1.165, 1.54) is 19.3 Å². The first-order valence-electron chi connectivity index (χ1n) is 8.37. The van der Waals surface area contributed by atoms with Crippen LogP contribution in [0, 0.1) is 13.8 Å². The second-order valence-electron chi connectivity index (χ2n) is 6.35. The van der Waals surface area contributed by atoms with Gasteiger partial charge in [0, 0.05) is 18.7 Å². The van der Waals surface area contributed by atoms with Gasteiger partial charge in [0.15, 0.2) is 0 Å². The van der Waals surface area contributed by atoms with Crippen LogP contribution in [0.15, 0.2) is 22.7 Å². The Kier molecular flexibility index (Phi) is 3.59. The highest BCUT2D eigenvalue weighted by molar-refractivity contribution is 6.06. The summed E-state index contributed by atoms with van der Waals surface area (Å²) in [6.45, 7) is 4.53. The molecule has 3 heterocycles. The Labute approximate surface area is 139 Å². The van der Waals surface area contributed by atoms with Gasteiger partial charge < -0.3 is 14.4 Å². The van der Waals surface area contributed by atoms with E-state index in [2.05, 4.69) is 15.0 Å². The molecule has 0 atom stereocenters. The van der Waals surface area contributed by atoms with E-state index in [0.717, 1.165) is 35.5 Å². The number of nitrogens with zero attached hydrogens (tertiary/aromatic N) is 3. The maximum absolute atomic E-state index is 12.5. The zero-order chi connectivity index (χ0) is 16.7. The fourth-order valence-corrected chi connectivity index (χ4v) is 3.43. The highest BCUT2D eigenvalue weighted by Crippen LogP contribution is 2.25. The van der Waals surface area contributed by atoms with Gasteiger partial charge in [-0.2, -0.15) is 0 Å². The van der Waals surface area contributed by atoms with E-state index in [0.29, 0.717) is 17.0 Å². The normalized spacial score (nSPS) is 14.4. The number of hydrogen-bond acceptors (Lipinski definition) is 4. The van der Waals surface area contributed by atoms with Crippen LogP contribution >= 0.6 is 0 Å². The molecule has 2 aromatic heterocycles. The van der Waals surface area contributed by atoms with Crippen molar-refractivity contribution in [2.45, 2.75) is 46.1 Å². The van der Waals surface area contributed by atoms with E-state index >= 15 is 0 Å². The molecule has 1 N–H and O–H groups in total. The van der Waals surface area contributed by atoms with Crippen LogP contribution in [0.5, 0.6) is 0 Å². The standard InChI is InChI=1S/C18H20N4O2/c1-11-17(12(2)24-21-11)18(23)19-13-7-8-15-14(10-13)20-16-6-4-3-5-9-22(15)16/h7-8,10H,3-6,9H2,1-2H3,(H,19,23). The average Bonchev–Trinajstić information content (AvgIpc) is 2.97.